The number of carbonyl (C=O) groups is 1. The fourth-order valence-corrected chi connectivity index (χ4v) is 1.53. The molecule has 1 aromatic rings. The molecule has 4 nitrogen and oxygen atoms in total. The second-order valence-electron chi connectivity index (χ2n) is 4.28. The summed E-state index contributed by atoms with van der Waals surface area (Å²) < 4.78 is 5.51. The molecule has 0 aliphatic heterocycles. The maximum absolute atomic E-state index is 11.6. The molecule has 3 N–H and O–H groups in total. The van der Waals surface area contributed by atoms with Gasteiger partial charge in [-0.2, -0.15) is 0 Å². The van der Waals surface area contributed by atoms with E-state index in [1.165, 1.54) is 0 Å². The number of ether oxygens (including phenoxy) is 1. The van der Waals surface area contributed by atoms with Crippen LogP contribution in [-0.2, 0) is 4.79 Å². The van der Waals surface area contributed by atoms with E-state index in [9.17, 15) is 4.79 Å². The van der Waals surface area contributed by atoms with Crippen molar-refractivity contribution in [3.05, 3.63) is 24.3 Å². The number of nitrogens with one attached hydrogen (secondary N) is 1. The minimum absolute atomic E-state index is 0.115. The third-order valence-electron chi connectivity index (χ3n) is 2.67. The molecule has 1 amide bonds. The quantitative estimate of drug-likeness (QED) is 0.737. The van der Waals surface area contributed by atoms with Gasteiger partial charge in [-0.05, 0) is 37.9 Å². The highest BCUT2D eigenvalue weighted by atomic mass is 16.5. The van der Waals surface area contributed by atoms with Crippen molar-refractivity contribution in [2.45, 2.75) is 19.3 Å². The van der Waals surface area contributed by atoms with Crippen molar-refractivity contribution >= 4 is 11.6 Å². The molecule has 1 aliphatic rings. The summed E-state index contributed by atoms with van der Waals surface area (Å²) >= 11 is 0. The molecule has 0 atom stereocenters. The molecule has 0 saturated heterocycles. The highest BCUT2D eigenvalue weighted by molar-refractivity contribution is 5.94. The fourth-order valence-electron chi connectivity index (χ4n) is 1.53. The lowest BCUT2D eigenvalue weighted by Gasteiger charge is -2.08. The second kappa shape index (κ2) is 5.68. The van der Waals surface area contributed by atoms with Crippen molar-refractivity contribution in [2.24, 2.45) is 11.7 Å². The molecule has 1 fully saturated rings. The van der Waals surface area contributed by atoms with Gasteiger partial charge in [0, 0.05) is 17.7 Å². The number of hydrogen-bond donors (Lipinski definition) is 2. The lowest BCUT2D eigenvalue weighted by Crippen LogP contribution is -2.13. The smallest absolute Gasteiger partial charge is 0.227 e. The Labute approximate surface area is 101 Å². The number of rotatable bonds is 6. The van der Waals surface area contributed by atoms with Crippen LogP contribution in [0.1, 0.15) is 19.3 Å². The van der Waals surface area contributed by atoms with Gasteiger partial charge in [-0.25, -0.2) is 0 Å². The Bertz CT molecular complexity index is 389. The van der Waals surface area contributed by atoms with Gasteiger partial charge in [0.25, 0.3) is 0 Å². The number of anilines is 1. The molecule has 0 unspecified atom stereocenters. The van der Waals surface area contributed by atoms with Gasteiger partial charge in [0.1, 0.15) is 5.75 Å². The van der Waals surface area contributed by atoms with Crippen molar-refractivity contribution in [2.75, 3.05) is 18.5 Å². The van der Waals surface area contributed by atoms with Crippen molar-refractivity contribution < 1.29 is 9.53 Å². The first-order valence-electron chi connectivity index (χ1n) is 6.03. The van der Waals surface area contributed by atoms with Gasteiger partial charge < -0.3 is 15.8 Å². The maximum Gasteiger partial charge on any atom is 0.227 e. The van der Waals surface area contributed by atoms with Gasteiger partial charge in [0.2, 0.25) is 5.91 Å². The zero-order chi connectivity index (χ0) is 12.1. The Morgan fingerprint density at radius 1 is 1.47 bits per heavy atom. The average molecular weight is 234 g/mol. The standard InChI is InChI=1S/C13H18N2O2/c14-7-2-8-17-12-4-1-3-11(9-12)15-13(16)10-5-6-10/h1,3-4,9-10H,2,5-8,14H2,(H,15,16). The molecule has 4 heteroatoms. The van der Waals surface area contributed by atoms with Crippen LogP contribution in [0.5, 0.6) is 5.75 Å². The summed E-state index contributed by atoms with van der Waals surface area (Å²) in [5.74, 6) is 1.10. The Kier molecular flexibility index (Phi) is 3.98. The van der Waals surface area contributed by atoms with Crippen molar-refractivity contribution in [3.63, 3.8) is 0 Å². The SMILES string of the molecule is NCCCOc1cccc(NC(=O)C2CC2)c1. The molecule has 1 saturated carbocycles. The number of nitrogens with two attached hydrogens (primary N) is 1. The van der Waals surface area contributed by atoms with E-state index < -0.39 is 0 Å². The molecule has 2 rings (SSSR count). The summed E-state index contributed by atoms with van der Waals surface area (Å²) in [6, 6.07) is 7.47. The Balaban J connectivity index is 1.88. The molecule has 17 heavy (non-hydrogen) atoms. The van der Waals surface area contributed by atoms with Crippen LogP contribution < -0.4 is 15.8 Å². The van der Waals surface area contributed by atoms with E-state index in [-0.39, 0.29) is 11.8 Å². The van der Waals surface area contributed by atoms with Crippen LogP contribution in [0, 0.1) is 5.92 Å². The molecular weight excluding hydrogens is 216 g/mol. The van der Waals surface area contributed by atoms with Gasteiger partial charge in [-0.1, -0.05) is 6.07 Å². The number of hydrogen-bond acceptors (Lipinski definition) is 3. The predicted molar refractivity (Wildman–Crippen MR) is 67.0 cm³/mol. The average Bonchev–Trinajstić information content (AvgIpc) is 3.14. The van der Waals surface area contributed by atoms with E-state index >= 15 is 0 Å². The molecule has 0 bridgehead atoms. The highest BCUT2D eigenvalue weighted by Crippen LogP contribution is 2.30. The van der Waals surface area contributed by atoms with Crippen LogP contribution in [0.2, 0.25) is 0 Å². The maximum atomic E-state index is 11.6. The lowest BCUT2D eigenvalue weighted by atomic mass is 10.3. The normalized spacial score (nSPS) is 14.4. The molecule has 0 spiro atoms. The van der Waals surface area contributed by atoms with Crippen molar-refractivity contribution in [1.82, 2.24) is 0 Å². The number of amides is 1. The fraction of sp³-hybridized carbons (Fsp3) is 0.462. The van der Waals surface area contributed by atoms with E-state index in [4.69, 9.17) is 10.5 Å². The van der Waals surface area contributed by atoms with E-state index in [1.54, 1.807) is 0 Å². The van der Waals surface area contributed by atoms with E-state index in [2.05, 4.69) is 5.32 Å². The van der Waals surface area contributed by atoms with Crippen molar-refractivity contribution in [3.8, 4) is 5.75 Å². The first-order chi connectivity index (χ1) is 8.29. The number of benzene rings is 1. The molecule has 92 valence electrons. The summed E-state index contributed by atoms with van der Waals surface area (Å²) in [4.78, 5) is 11.6. The highest BCUT2D eigenvalue weighted by Gasteiger charge is 2.29. The third kappa shape index (κ3) is 3.75. The minimum atomic E-state index is 0.115. The second-order valence-corrected chi connectivity index (χ2v) is 4.28. The molecule has 0 aromatic heterocycles. The van der Waals surface area contributed by atoms with Crippen LogP contribution in [0.4, 0.5) is 5.69 Å². The van der Waals surface area contributed by atoms with Crippen LogP contribution in [0.3, 0.4) is 0 Å². The van der Waals surface area contributed by atoms with Crippen molar-refractivity contribution in [1.29, 1.82) is 0 Å². The summed E-state index contributed by atoms with van der Waals surface area (Å²) in [5, 5.41) is 2.89. The minimum Gasteiger partial charge on any atom is -0.493 e. The topological polar surface area (TPSA) is 64.3 Å². The van der Waals surface area contributed by atoms with E-state index in [0.29, 0.717) is 13.2 Å². The summed E-state index contributed by atoms with van der Waals surface area (Å²) in [7, 11) is 0. The van der Waals surface area contributed by atoms with Crippen LogP contribution >= 0.6 is 0 Å². The predicted octanol–water partition coefficient (Wildman–Crippen LogP) is 1.76. The Hall–Kier alpha value is -1.55. The number of carbonyl (C=O) groups excluding carboxylic acids is 1. The van der Waals surface area contributed by atoms with Crippen LogP contribution in [0.25, 0.3) is 0 Å². The first-order valence-corrected chi connectivity index (χ1v) is 6.03. The largest absolute Gasteiger partial charge is 0.493 e. The summed E-state index contributed by atoms with van der Waals surface area (Å²) in [6.45, 7) is 1.23. The zero-order valence-electron chi connectivity index (χ0n) is 9.82. The molecule has 0 radical (unpaired) electrons. The molecule has 1 aromatic carbocycles. The van der Waals surface area contributed by atoms with E-state index in [1.807, 2.05) is 24.3 Å². The van der Waals surface area contributed by atoms with E-state index in [0.717, 1.165) is 30.7 Å². The molecular formula is C13H18N2O2. The monoisotopic (exact) mass is 234 g/mol. The van der Waals surface area contributed by atoms with Gasteiger partial charge in [0.15, 0.2) is 0 Å². The van der Waals surface area contributed by atoms with Gasteiger partial charge in [-0.15, -0.1) is 0 Å². The summed E-state index contributed by atoms with van der Waals surface area (Å²) in [6.07, 6.45) is 2.86. The Morgan fingerprint density at radius 2 is 2.29 bits per heavy atom. The summed E-state index contributed by atoms with van der Waals surface area (Å²) in [5.41, 5.74) is 6.19. The molecule has 0 heterocycles. The first kappa shape index (κ1) is 11.9. The third-order valence-corrected chi connectivity index (χ3v) is 2.67. The van der Waals surface area contributed by atoms with Gasteiger partial charge in [-0.3, -0.25) is 4.79 Å². The Morgan fingerprint density at radius 3 is 3.00 bits per heavy atom. The van der Waals surface area contributed by atoms with Crippen LogP contribution in [0.15, 0.2) is 24.3 Å². The van der Waals surface area contributed by atoms with Crippen LogP contribution in [-0.4, -0.2) is 19.1 Å². The molecule has 1 aliphatic carbocycles. The zero-order valence-corrected chi connectivity index (χ0v) is 9.82. The van der Waals surface area contributed by atoms with Gasteiger partial charge >= 0.3 is 0 Å². The van der Waals surface area contributed by atoms with Gasteiger partial charge in [0.05, 0.1) is 6.61 Å². The lowest BCUT2D eigenvalue weighted by molar-refractivity contribution is -0.117.